The summed E-state index contributed by atoms with van der Waals surface area (Å²) < 4.78 is 51.1. The highest BCUT2D eigenvalue weighted by Crippen LogP contribution is 2.41. The summed E-state index contributed by atoms with van der Waals surface area (Å²) >= 11 is 0. The van der Waals surface area contributed by atoms with Crippen LogP contribution in [0.25, 0.3) is 0 Å². The van der Waals surface area contributed by atoms with Gasteiger partial charge in [0.05, 0.1) is 41.1 Å². The molecular weight excluding hydrogens is 531 g/mol. The van der Waals surface area contributed by atoms with Gasteiger partial charge in [0.1, 0.15) is 18.8 Å². The summed E-state index contributed by atoms with van der Waals surface area (Å²) in [7, 11) is 0. The largest absolute Gasteiger partial charge is 0.460 e. The molecular formula is C28H28F3N3O6. The first kappa shape index (κ1) is 30.2. The molecule has 1 heterocycles. The summed E-state index contributed by atoms with van der Waals surface area (Å²) in [4.78, 5) is 42.1. The van der Waals surface area contributed by atoms with Crippen LogP contribution in [0.15, 0.2) is 59.8 Å². The number of nitriles is 1. The second-order valence-electron chi connectivity index (χ2n) is 9.88. The fourth-order valence-corrected chi connectivity index (χ4v) is 4.22. The van der Waals surface area contributed by atoms with Gasteiger partial charge in [0.25, 0.3) is 0 Å². The molecule has 0 aromatic heterocycles. The van der Waals surface area contributed by atoms with Gasteiger partial charge in [-0.1, -0.05) is 18.2 Å². The van der Waals surface area contributed by atoms with E-state index in [1.807, 2.05) is 6.07 Å². The minimum atomic E-state index is -4.71. The van der Waals surface area contributed by atoms with Crippen LogP contribution in [-0.4, -0.2) is 53.3 Å². The quantitative estimate of drug-likeness (QED) is 0.488. The van der Waals surface area contributed by atoms with Crippen LogP contribution in [0.3, 0.4) is 0 Å². The molecule has 1 aliphatic heterocycles. The van der Waals surface area contributed by atoms with Crippen LogP contribution in [0, 0.1) is 11.3 Å². The lowest BCUT2D eigenvalue weighted by Gasteiger charge is -2.42. The Hall–Kier alpha value is -4.37. The van der Waals surface area contributed by atoms with E-state index in [9.17, 15) is 37.9 Å². The van der Waals surface area contributed by atoms with E-state index in [1.54, 1.807) is 20.8 Å². The number of carbonyl (C=O) groups is 3. The van der Waals surface area contributed by atoms with E-state index in [-0.39, 0.29) is 23.6 Å². The van der Waals surface area contributed by atoms with Crippen molar-refractivity contribution in [1.82, 2.24) is 4.90 Å². The van der Waals surface area contributed by atoms with Gasteiger partial charge in [0.2, 0.25) is 0 Å². The van der Waals surface area contributed by atoms with Gasteiger partial charge in [-0.05, 0) is 63.6 Å². The van der Waals surface area contributed by atoms with Crippen LogP contribution in [0.5, 0.6) is 0 Å². The zero-order chi connectivity index (χ0) is 29.8. The molecule has 12 heteroatoms. The monoisotopic (exact) mass is 559 g/mol. The molecule has 1 aliphatic rings. The predicted octanol–water partition coefficient (Wildman–Crippen LogP) is 4.71. The van der Waals surface area contributed by atoms with E-state index < -0.39 is 54.5 Å². The molecule has 2 amide bonds. The molecule has 0 saturated heterocycles. The molecule has 0 bridgehead atoms. The second-order valence-corrected chi connectivity index (χ2v) is 9.88. The van der Waals surface area contributed by atoms with E-state index in [4.69, 9.17) is 9.47 Å². The van der Waals surface area contributed by atoms with Crippen LogP contribution in [0.2, 0.25) is 0 Å². The van der Waals surface area contributed by atoms with Crippen molar-refractivity contribution in [2.75, 3.05) is 24.7 Å². The molecule has 212 valence electrons. The van der Waals surface area contributed by atoms with E-state index >= 15 is 0 Å². The molecule has 0 spiro atoms. The van der Waals surface area contributed by atoms with E-state index in [2.05, 4.69) is 0 Å². The standard InChI is InChI=1S/C28H28F3N3O6/c1-17-23(25(37)39-13-12-35)24(19-10-8-18(15-32)9-11-19)33(16-22(36)40-27(2,3)4)26(38)34(17)21-7-5-6-20(14-21)28(29,30)31/h5-11,14,24,35H,12-13,16H2,1-4H3/t24-/m1/s1. The van der Waals surface area contributed by atoms with Crippen molar-refractivity contribution in [3.05, 3.63) is 76.5 Å². The molecule has 40 heavy (non-hydrogen) atoms. The van der Waals surface area contributed by atoms with Crippen molar-refractivity contribution < 1.29 is 42.1 Å². The van der Waals surface area contributed by atoms with Crippen molar-refractivity contribution in [3.8, 4) is 6.07 Å². The SMILES string of the molecule is CC1=C(C(=O)OCCO)[C@@H](c2ccc(C#N)cc2)N(CC(=O)OC(C)(C)C)C(=O)N1c1cccc(C(F)(F)F)c1. The lowest BCUT2D eigenvalue weighted by atomic mass is 9.92. The number of urea groups is 1. The van der Waals surface area contributed by atoms with Gasteiger partial charge in [-0.25, -0.2) is 9.59 Å². The molecule has 0 unspecified atom stereocenters. The van der Waals surface area contributed by atoms with Gasteiger partial charge < -0.3 is 19.5 Å². The molecule has 2 aromatic carbocycles. The average Bonchev–Trinajstić information content (AvgIpc) is 2.87. The number of allylic oxidation sites excluding steroid dienone is 1. The topological polar surface area (TPSA) is 120 Å². The number of aliphatic hydroxyl groups excluding tert-OH is 1. The average molecular weight is 560 g/mol. The van der Waals surface area contributed by atoms with Crippen molar-refractivity contribution in [2.45, 2.75) is 45.5 Å². The summed E-state index contributed by atoms with van der Waals surface area (Å²) in [6.45, 7) is 4.68. The number of ether oxygens (including phenoxy) is 2. The first-order valence-electron chi connectivity index (χ1n) is 12.2. The number of benzene rings is 2. The summed E-state index contributed by atoms with van der Waals surface area (Å²) in [6, 6.07) is 9.71. The highest BCUT2D eigenvalue weighted by Gasteiger charge is 2.44. The number of aliphatic hydroxyl groups is 1. The Morgan fingerprint density at radius 2 is 1.75 bits per heavy atom. The number of alkyl halides is 3. The van der Waals surface area contributed by atoms with Crippen LogP contribution in [-0.2, 0) is 25.2 Å². The molecule has 0 aliphatic carbocycles. The number of esters is 2. The lowest BCUT2D eigenvalue weighted by Crippen LogP contribution is -2.53. The molecule has 2 aromatic rings. The molecule has 9 nitrogen and oxygen atoms in total. The van der Waals surface area contributed by atoms with E-state index in [0.717, 1.165) is 28.0 Å². The third-order valence-corrected chi connectivity index (χ3v) is 5.80. The molecule has 0 radical (unpaired) electrons. The Morgan fingerprint density at radius 1 is 1.10 bits per heavy atom. The normalized spacial score (nSPS) is 16.1. The predicted molar refractivity (Wildman–Crippen MR) is 137 cm³/mol. The molecule has 3 rings (SSSR count). The molecule has 1 atom stereocenters. The van der Waals surface area contributed by atoms with Crippen molar-refractivity contribution in [1.29, 1.82) is 5.26 Å². The smallest absolute Gasteiger partial charge is 0.416 e. The minimum Gasteiger partial charge on any atom is -0.460 e. The van der Waals surface area contributed by atoms with Gasteiger partial charge in [-0.15, -0.1) is 0 Å². The Balaban J connectivity index is 2.27. The van der Waals surface area contributed by atoms with Crippen LogP contribution in [0.1, 0.15) is 50.4 Å². The Kier molecular flexibility index (Phi) is 8.90. The zero-order valence-electron chi connectivity index (χ0n) is 22.3. The van der Waals surface area contributed by atoms with Gasteiger partial charge in [-0.3, -0.25) is 9.69 Å². The molecule has 0 saturated carbocycles. The number of hydrogen-bond acceptors (Lipinski definition) is 7. The van der Waals surface area contributed by atoms with Crippen molar-refractivity contribution >= 4 is 23.7 Å². The first-order valence-corrected chi connectivity index (χ1v) is 12.2. The van der Waals surface area contributed by atoms with Crippen LogP contribution >= 0.6 is 0 Å². The van der Waals surface area contributed by atoms with Gasteiger partial charge >= 0.3 is 24.1 Å². The number of rotatable bonds is 7. The number of anilines is 1. The zero-order valence-corrected chi connectivity index (χ0v) is 22.3. The van der Waals surface area contributed by atoms with E-state index in [1.165, 1.54) is 37.3 Å². The number of hydrogen-bond donors (Lipinski definition) is 1. The first-order chi connectivity index (χ1) is 18.7. The second kappa shape index (κ2) is 11.8. The molecule has 1 N–H and O–H groups in total. The maximum Gasteiger partial charge on any atom is 0.416 e. The summed E-state index contributed by atoms with van der Waals surface area (Å²) in [5.74, 6) is -1.79. The highest BCUT2D eigenvalue weighted by molar-refractivity contribution is 6.04. The third-order valence-electron chi connectivity index (χ3n) is 5.80. The van der Waals surface area contributed by atoms with Gasteiger partial charge in [0.15, 0.2) is 0 Å². The Morgan fingerprint density at radius 3 is 2.30 bits per heavy atom. The lowest BCUT2D eigenvalue weighted by molar-refractivity contribution is -0.156. The number of nitrogens with zero attached hydrogens (tertiary/aromatic N) is 3. The summed E-state index contributed by atoms with van der Waals surface area (Å²) in [5, 5.41) is 18.4. The Labute approximate surface area is 229 Å². The number of carbonyl (C=O) groups excluding carboxylic acids is 3. The van der Waals surface area contributed by atoms with Gasteiger partial charge in [0, 0.05) is 5.70 Å². The number of halogens is 3. The highest BCUT2D eigenvalue weighted by atomic mass is 19.4. The Bertz CT molecular complexity index is 1360. The third kappa shape index (κ3) is 6.79. The van der Waals surface area contributed by atoms with Crippen LogP contribution in [0.4, 0.5) is 23.7 Å². The van der Waals surface area contributed by atoms with Gasteiger partial charge in [-0.2, -0.15) is 18.4 Å². The summed E-state index contributed by atoms with van der Waals surface area (Å²) in [5.41, 5.74) is -1.72. The van der Waals surface area contributed by atoms with E-state index in [0.29, 0.717) is 11.1 Å². The van der Waals surface area contributed by atoms with Crippen molar-refractivity contribution in [3.63, 3.8) is 0 Å². The minimum absolute atomic E-state index is 0.0398. The van der Waals surface area contributed by atoms with Crippen molar-refractivity contribution in [2.24, 2.45) is 0 Å². The fourth-order valence-electron chi connectivity index (χ4n) is 4.22. The summed E-state index contributed by atoms with van der Waals surface area (Å²) in [6.07, 6.45) is -4.71. The maximum absolute atomic E-state index is 14.0. The number of amides is 2. The fraction of sp³-hybridized carbons (Fsp3) is 0.357. The molecule has 0 fully saturated rings. The van der Waals surface area contributed by atoms with Crippen LogP contribution < -0.4 is 4.90 Å². The maximum atomic E-state index is 14.0.